The lowest BCUT2D eigenvalue weighted by atomic mass is 10.3. The molecule has 0 aliphatic rings. The number of hydrogen-bond donors (Lipinski definition) is 2. The Labute approximate surface area is 124 Å². The van der Waals surface area contributed by atoms with Gasteiger partial charge in [0, 0.05) is 4.88 Å². The molecule has 0 fully saturated rings. The van der Waals surface area contributed by atoms with Gasteiger partial charge in [0.2, 0.25) is 0 Å². The number of benzene rings is 1. The van der Waals surface area contributed by atoms with Crippen molar-refractivity contribution in [2.45, 2.75) is 17.7 Å². The topological polar surface area (TPSA) is 66.4 Å². The Kier molecular flexibility index (Phi) is 4.33. The molecule has 0 aliphatic carbocycles. The maximum absolute atomic E-state index is 13.3. The summed E-state index contributed by atoms with van der Waals surface area (Å²) in [5.74, 6) is -0.703. The first-order chi connectivity index (χ1) is 9.33. The van der Waals surface area contributed by atoms with Crippen LogP contribution in [0.5, 0.6) is 0 Å². The van der Waals surface area contributed by atoms with Crippen LogP contribution in [0.3, 0.4) is 0 Å². The fourth-order valence-electron chi connectivity index (χ4n) is 1.54. The summed E-state index contributed by atoms with van der Waals surface area (Å²) in [7, 11) is -3.81. The van der Waals surface area contributed by atoms with E-state index in [1.165, 1.54) is 18.2 Å². The zero-order chi connectivity index (χ0) is 14.9. The maximum Gasteiger partial charge on any atom is 0.271 e. The van der Waals surface area contributed by atoms with Gasteiger partial charge in [-0.3, -0.25) is 4.72 Å². The molecule has 108 valence electrons. The van der Waals surface area contributed by atoms with Crippen LogP contribution < -0.4 is 4.72 Å². The predicted molar refractivity (Wildman–Crippen MR) is 77.2 cm³/mol. The van der Waals surface area contributed by atoms with E-state index < -0.39 is 15.8 Å². The average molecular weight is 336 g/mol. The number of hydrogen-bond acceptors (Lipinski definition) is 4. The molecule has 0 radical (unpaired) electrons. The van der Waals surface area contributed by atoms with Crippen LogP contribution in [0, 0.1) is 12.7 Å². The van der Waals surface area contributed by atoms with Crippen molar-refractivity contribution in [1.82, 2.24) is 0 Å². The smallest absolute Gasteiger partial charge is 0.271 e. The normalized spacial score (nSPS) is 11.6. The predicted octanol–water partition coefficient (Wildman–Crippen LogP) is 3.14. The molecule has 1 aromatic carbocycles. The van der Waals surface area contributed by atoms with Crippen LogP contribution in [0.4, 0.5) is 10.1 Å². The van der Waals surface area contributed by atoms with Gasteiger partial charge in [-0.2, -0.15) is 0 Å². The second-order valence-corrected chi connectivity index (χ2v) is 7.52. The second-order valence-electron chi connectivity index (χ2n) is 4.06. The third-order valence-electron chi connectivity index (χ3n) is 2.58. The van der Waals surface area contributed by atoms with Gasteiger partial charge in [0.05, 0.1) is 17.3 Å². The molecular weight excluding hydrogens is 325 g/mol. The van der Waals surface area contributed by atoms with Crippen molar-refractivity contribution < 1.29 is 17.9 Å². The molecule has 2 N–H and O–H groups in total. The zero-order valence-corrected chi connectivity index (χ0v) is 12.7. The van der Waals surface area contributed by atoms with Crippen LogP contribution in [0.15, 0.2) is 28.5 Å². The van der Waals surface area contributed by atoms with Gasteiger partial charge in [0.1, 0.15) is 10.0 Å². The Morgan fingerprint density at radius 2 is 2.10 bits per heavy atom. The lowest BCUT2D eigenvalue weighted by Gasteiger charge is -2.06. The van der Waals surface area contributed by atoms with E-state index in [9.17, 15) is 12.8 Å². The van der Waals surface area contributed by atoms with Crippen molar-refractivity contribution in [1.29, 1.82) is 0 Å². The summed E-state index contributed by atoms with van der Waals surface area (Å²) in [6, 6.07) is 5.11. The quantitative estimate of drug-likeness (QED) is 0.902. The Morgan fingerprint density at radius 1 is 1.40 bits per heavy atom. The van der Waals surface area contributed by atoms with E-state index in [0.29, 0.717) is 10.4 Å². The molecule has 4 nitrogen and oxygen atoms in total. The molecule has 2 rings (SSSR count). The molecule has 0 amide bonds. The summed E-state index contributed by atoms with van der Waals surface area (Å²) in [6.45, 7) is 1.49. The van der Waals surface area contributed by atoms with Gasteiger partial charge in [-0.25, -0.2) is 12.8 Å². The van der Waals surface area contributed by atoms with Gasteiger partial charge < -0.3 is 5.11 Å². The highest BCUT2D eigenvalue weighted by Gasteiger charge is 2.19. The van der Waals surface area contributed by atoms with Crippen LogP contribution in [-0.2, 0) is 16.6 Å². The van der Waals surface area contributed by atoms with Crippen molar-refractivity contribution in [2.75, 3.05) is 4.72 Å². The molecule has 0 bridgehead atoms. The second kappa shape index (κ2) is 5.69. The molecule has 0 aliphatic heterocycles. The first-order valence-corrected chi connectivity index (χ1v) is 8.19. The summed E-state index contributed by atoms with van der Waals surface area (Å²) in [5, 5.41) is 9.00. The molecular formula is C12H11ClFNO3S2. The number of aliphatic hydroxyl groups excluding tert-OH is 1. The molecule has 1 heterocycles. The minimum atomic E-state index is -3.81. The van der Waals surface area contributed by atoms with Gasteiger partial charge in [-0.05, 0) is 36.8 Å². The molecule has 20 heavy (non-hydrogen) atoms. The lowest BCUT2D eigenvalue weighted by Crippen LogP contribution is -2.11. The van der Waals surface area contributed by atoms with Crippen molar-refractivity contribution in [3.63, 3.8) is 0 Å². The fourth-order valence-corrected chi connectivity index (χ4v) is 4.16. The van der Waals surface area contributed by atoms with E-state index in [1.54, 1.807) is 6.92 Å². The minimum Gasteiger partial charge on any atom is -0.391 e. The van der Waals surface area contributed by atoms with E-state index in [2.05, 4.69) is 4.72 Å². The number of aryl methyl sites for hydroxylation is 1. The van der Waals surface area contributed by atoms with Gasteiger partial charge in [0.15, 0.2) is 0 Å². The molecule has 0 spiro atoms. The van der Waals surface area contributed by atoms with Gasteiger partial charge in [0.25, 0.3) is 10.0 Å². The molecule has 8 heteroatoms. The van der Waals surface area contributed by atoms with E-state index >= 15 is 0 Å². The number of sulfonamides is 1. The summed E-state index contributed by atoms with van der Waals surface area (Å²) in [4.78, 5) is 0.577. The first kappa shape index (κ1) is 15.2. The van der Waals surface area contributed by atoms with Crippen molar-refractivity contribution in [3.05, 3.63) is 45.5 Å². The third kappa shape index (κ3) is 3.12. The van der Waals surface area contributed by atoms with E-state index in [0.717, 1.165) is 17.4 Å². The Hall–Kier alpha value is -1.15. The van der Waals surface area contributed by atoms with Gasteiger partial charge >= 0.3 is 0 Å². The summed E-state index contributed by atoms with van der Waals surface area (Å²) in [6.07, 6.45) is 0. The molecule has 2 aromatic rings. The van der Waals surface area contributed by atoms with Crippen LogP contribution in [-0.4, -0.2) is 13.5 Å². The van der Waals surface area contributed by atoms with E-state index in [1.807, 2.05) is 0 Å². The maximum atomic E-state index is 13.3. The molecule has 0 saturated heterocycles. The number of aliphatic hydroxyl groups is 1. The number of anilines is 1. The largest absolute Gasteiger partial charge is 0.391 e. The molecule has 0 atom stereocenters. The van der Waals surface area contributed by atoms with Crippen LogP contribution >= 0.6 is 22.9 Å². The van der Waals surface area contributed by atoms with Crippen LogP contribution in [0.2, 0.25) is 5.02 Å². The fraction of sp³-hybridized carbons (Fsp3) is 0.167. The summed E-state index contributed by atoms with van der Waals surface area (Å²) < 4.78 is 39.9. The van der Waals surface area contributed by atoms with Crippen molar-refractivity contribution in [3.8, 4) is 0 Å². The summed E-state index contributed by atoms with van der Waals surface area (Å²) in [5.41, 5.74) is 0.781. The van der Waals surface area contributed by atoms with Gasteiger partial charge in [-0.15, -0.1) is 11.3 Å². The Morgan fingerprint density at radius 3 is 2.65 bits per heavy atom. The van der Waals surface area contributed by atoms with E-state index in [4.69, 9.17) is 16.7 Å². The van der Waals surface area contributed by atoms with Gasteiger partial charge in [-0.1, -0.05) is 11.6 Å². The molecule has 0 unspecified atom stereocenters. The molecule has 0 saturated carbocycles. The Bertz CT molecular complexity index is 743. The SMILES string of the molecule is Cc1cc(S(=O)(=O)Nc2ccc(Cl)c(F)c2)sc1CO. The van der Waals surface area contributed by atoms with Crippen LogP contribution in [0.1, 0.15) is 10.4 Å². The number of nitrogens with one attached hydrogen (secondary N) is 1. The Balaban J connectivity index is 2.32. The number of halogens is 2. The summed E-state index contributed by atoms with van der Waals surface area (Å²) >= 11 is 6.51. The lowest BCUT2D eigenvalue weighted by molar-refractivity contribution is 0.285. The monoisotopic (exact) mass is 335 g/mol. The highest BCUT2D eigenvalue weighted by molar-refractivity contribution is 7.94. The highest BCUT2D eigenvalue weighted by atomic mass is 35.5. The standard InChI is InChI=1S/C12H11ClFNO3S2/c1-7-4-12(19-11(7)6-16)20(17,18)15-8-2-3-9(13)10(14)5-8/h2-5,15-16H,6H2,1H3. The number of thiophene rings is 1. The molecule has 1 aromatic heterocycles. The van der Waals surface area contributed by atoms with Crippen molar-refractivity contribution in [2.24, 2.45) is 0 Å². The minimum absolute atomic E-state index is 0.0643. The van der Waals surface area contributed by atoms with Crippen LogP contribution in [0.25, 0.3) is 0 Å². The zero-order valence-electron chi connectivity index (χ0n) is 10.4. The third-order valence-corrected chi connectivity index (χ3v) is 5.96. The average Bonchev–Trinajstić information content (AvgIpc) is 2.76. The van der Waals surface area contributed by atoms with E-state index in [-0.39, 0.29) is 21.5 Å². The highest BCUT2D eigenvalue weighted by Crippen LogP contribution is 2.28. The van der Waals surface area contributed by atoms with Crippen molar-refractivity contribution >= 4 is 38.6 Å². The number of rotatable bonds is 4. The first-order valence-electron chi connectivity index (χ1n) is 5.51.